The van der Waals surface area contributed by atoms with E-state index in [-0.39, 0.29) is 0 Å². The number of anilines is 2. The summed E-state index contributed by atoms with van der Waals surface area (Å²) >= 11 is 7.14. The first-order valence-corrected chi connectivity index (χ1v) is 8.71. The van der Waals surface area contributed by atoms with E-state index in [1.807, 2.05) is 31.2 Å². The van der Waals surface area contributed by atoms with Crippen molar-refractivity contribution in [3.05, 3.63) is 45.1 Å². The van der Waals surface area contributed by atoms with Gasteiger partial charge in [-0.15, -0.1) is 0 Å². The maximum Gasteiger partial charge on any atom is 0.162 e. The van der Waals surface area contributed by atoms with Crippen LogP contribution in [0.5, 0.6) is 11.5 Å². The second kappa shape index (κ2) is 6.94. The Morgan fingerprint density at radius 1 is 0.917 bits per heavy atom. The highest BCUT2D eigenvalue weighted by atomic mass is 79.9. The van der Waals surface area contributed by atoms with Crippen LogP contribution in [0.1, 0.15) is 5.56 Å². The van der Waals surface area contributed by atoms with Crippen LogP contribution in [0.3, 0.4) is 0 Å². The molecule has 0 aliphatic heterocycles. The van der Waals surface area contributed by atoms with Gasteiger partial charge in [-0.25, -0.2) is 9.97 Å². The van der Waals surface area contributed by atoms with E-state index in [1.54, 1.807) is 14.2 Å². The third-order valence-electron chi connectivity index (χ3n) is 3.64. The molecule has 1 aromatic heterocycles. The van der Waals surface area contributed by atoms with Crippen molar-refractivity contribution in [2.24, 2.45) is 0 Å². The molecule has 0 bridgehead atoms. The fraction of sp³-hybridized carbons (Fsp3) is 0.176. The third kappa shape index (κ3) is 3.18. The smallest absolute Gasteiger partial charge is 0.162 e. The Labute approximate surface area is 156 Å². The summed E-state index contributed by atoms with van der Waals surface area (Å²) in [5.74, 6) is 1.96. The zero-order chi connectivity index (χ0) is 17.3. The second-order valence-corrected chi connectivity index (χ2v) is 6.86. The minimum atomic E-state index is 0.631. The molecule has 0 saturated carbocycles. The number of benzene rings is 2. The molecule has 0 atom stereocenters. The predicted molar refractivity (Wildman–Crippen MR) is 103 cm³/mol. The van der Waals surface area contributed by atoms with Crippen LogP contribution in [-0.4, -0.2) is 24.2 Å². The molecule has 5 nitrogen and oxygen atoms in total. The van der Waals surface area contributed by atoms with Crippen LogP contribution in [-0.2, 0) is 0 Å². The largest absolute Gasteiger partial charge is 0.493 e. The molecule has 0 saturated heterocycles. The molecule has 3 aromatic rings. The topological polar surface area (TPSA) is 56.3 Å². The first-order chi connectivity index (χ1) is 11.5. The van der Waals surface area contributed by atoms with E-state index in [9.17, 15) is 0 Å². The quantitative estimate of drug-likeness (QED) is 0.587. The number of aryl methyl sites for hydroxylation is 1. The van der Waals surface area contributed by atoms with Gasteiger partial charge in [-0.2, -0.15) is 0 Å². The number of aromatic nitrogens is 2. The molecular formula is C17H15Br2N3O2. The Kier molecular flexibility index (Phi) is 4.91. The van der Waals surface area contributed by atoms with Crippen molar-refractivity contribution in [3.63, 3.8) is 0 Å². The van der Waals surface area contributed by atoms with Gasteiger partial charge in [0, 0.05) is 20.4 Å². The van der Waals surface area contributed by atoms with Crippen molar-refractivity contribution < 1.29 is 9.47 Å². The zero-order valence-electron chi connectivity index (χ0n) is 13.4. The predicted octanol–water partition coefficient (Wildman–Crippen LogP) is 5.22. The van der Waals surface area contributed by atoms with E-state index in [0.717, 1.165) is 31.1 Å². The van der Waals surface area contributed by atoms with Crippen molar-refractivity contribution in [2.45, 2.75) is 6.92 Å². The molecule has 0 aliphatic rings. The molecule has 124 valence electrons. The highest BCUT2D eigenvalue weighted by molar-refractivity contribution is 9.11. The van der Waals surface area contributed by atoms with E-state index >= 15 is 0 Å². The lowest BCUT2D eigenvalue weighted by Gasteiger charge is -2.13. The molecule has 7 heteroatoms. The Bertz CT molecular complexity index is 916. The summed E-state index contributed by atoms with van der Waals surface area (Å²) in [7, 11) is 3.21. The van der Waals surface area contributed by atoms with Gasteiger partial charge >= 0.3 is 0 Å². The van der Waals surface area contributed by atoms with E-state index in [2.05, 4.69) is 47.1 Å². The maximum absolute atomic E-state index is 5.38. The minimum Gasteiger partial charge on any atom is -0.493 e. The number of nitrogens with one attached hydrogen (secondary N) is 1. The molecule has 0 amide bonds. The summed E-state index contributed by atoms with van der Waals surface area (Å²) in [6.45, 7) is 2.04. The van der Waals surface area contributed by atoms with Crippen LogP contribution in [0.2, 0.25) is 0 Å². The summed E-state index contributed by atoms with van der Waals surface area (Å²) in [6.07, 6.45) is 1.52. The van der Waals surface area contributed by atoms with E-state index in [0.29, 0.717) is 17.3 Å². The molecule has 1 heterocycles. The van der Waals surface area contributed by atoms with Crippen molar-refractivity contribution in [1.29, 1.82) is 0 Å². The van der Waals surface area contributed by atoms with E-state index < -0.39 is 0 Å². The average Bonchev–Trinajstić information content (AvgIpc) is 2.58. The molecule has 1 N–H and O–H groups in total. The summed E-state index contributed by atoms with van der Waals surface area (Å²) in [5.41, 5.74) is 2.82. The Morgan fingerprint density at radius 2 is 1.62 bits per heavy atom. The van der Waals surface area contributed by atoms with Gasteiger partial charge in [0.05, 0.1) is 25.4 Å². The SMILES string of the molecule is COc1cc2ncnc(Nc3cc(Br)c(C)cc3Br)c2cc1OC. The maximum atomic E-state index is 5.38. The van der Waals surface area contributed by atoms with Gasteiger partial charge in [0.1, 0.15) is 12.1 Å². The molecule has 0 aliphatic carbocycles. The standard InChI is InChI=1S/C17H15Br2N3O2/c1-9-4-12(19)14(6-11(9)18)22-17-10-5-15(23-2)16(24-3)7-13(10)20-8-21-17/h4-8H,1-3H3,(H,20,21,22). The van der Waals surface area contributed by atoms with Crippen LogP contribution < -0.4 is 14.8 Å². The molecule has 3 rings (SSSR count). The molecule has 24 heavy (non-hydrogen) atoms. The number of rotatable bonds is 4. The van der Waals surface area contributed by atoms with Crippen molar-refractivity contribution in [3.8, 4) is 11.5 Å². The first kappa shape index (κ1) is 17.0. The number of ether oxygens (including phenoxy) is 2. The third-order valence-corrected chi connectivity index (χ3v) is 5.15. The highest BCUT2D eigenvalue weighted by Crippen LogP contribution is 2.36. The Morgan fingerprint density at radius 3 is 2.33 bits per heavy atom. The Hall–Kier alpha value is -1.86. The molecular weight excluding hydrogens is 438 g/mol. The van der Waals surface area contributed by atoms with Gasteiger partial charge in [0.2, 0.25) is 0 Å². The first-order valence-electron chi connectivity index (χ1n) is 7.13. The summed E-state index contributed by atoms with van der Waals surface area (Å²) in [5, 5.41) is 4.19. The van der Waals surface area contributed by atoms with Crippen LogP contribution in [0.25, 0.3) is 10.9 Å². The number of hydrogen-bond acceptors (Lipinski definition) is 5. The van der Waals surface area contributed by atoms with Gasteiger partial charge in [0.25, 0.3) is 0 Å². The Balaban J connectivity index is 2.11. The number of methoxy groups -OCH3 is 2. The van der Waals surface area contributed by atoms with Gasteiger partial charge in [0.15, 0.2) is 11.5 Å². The van der Waals surface area contributed by atoms with E-state index in [4.69, 9.17) is 9.47 Å². The number of halogens is 2. The summed E-state index contributed by atoms with van der Waals surface area (Å²) < 4.78 is 12.7. The fourth-order valence-electron chi connectivity index (χ4n) is 2.35. The van der Waals surface area contributed by atoms with Gasteiger partial charge in [-0.05, 0) is 46.6 Å². The lowest BCUT2D eigenvalue weighted by molar-refractivity contribution is 0.356. The van der Waals surface area contributed by atoms with Crippen LogP contribution in [0.4, 0.5) is 11.5 Å². The van der Waals surface area contributed by atoms with Crippen molar-refractivity contribution in [2.75, 3.05) is 19.5 Å². The normalized spacial score (nSPS) is 10.7. The fourth-order valence-corrected chi connectivity index (χ4v) is 3.25. The zero-order valence-corrected chi connectivity index (χ0v) is 16.5. The van der Waals surface area contributed by atoms with Gasteiger partial charge < -0.3 is 14.8 Å². The van der Waals surface area contributed by atoms with Crippen molar-refractivity contribution >= 4 is 54.3 Å². The van der Waals surface area contributed by atoms with Crippen LogP contribution in [0.15, 0.2) is 39.5 Å². The van der Waals surface area contributed by atoms with Crippen LogP contribution in [0, 0.1) is 6.92 Å². The lowest BCUT2D eigenvalue weighted by atomic mass is 10.2. The van der Waals surface area contributed by atoms with Gasteiger partial charge in [-0.1, -0.05) is 15.9 Å². The monoisotopic (exact) mass is 451 g/mol. The number of fused-ring (bicyclic) bond motifs is 1. The molecule has 0 spiro atoms. The molecule has 2 aromatic carbocycles. The number of hydrogen-bond donors (Lipinski definition) is 1. The van der Waals surface area contributed by atoms with Crippen LogP contribution >= 0.6 is 31.9 Å². The molecule has 0 radical (unpaired) electrons. The average molecular weight is 453 g/mol. The van der Waals surface area contributed by atoms with Gasteiger partial charge in [-0.3, -0.25) is 0 Å². The minimum absolute atomic E-state index is 0.631. The number of nitrogens with zero attached hydrogens (tertiary/aromatic N) is 2. The second-order valence-electron chi connectivity index (χ2n) is 5.15. The lowest BCUT2D eigenvalue weighted by Crippen LogP contribution is -1.99. The highest BCUT2D eigenvalue weighted by Gasteiger charge is 2.12. The molecule has 0 fully saturated rings. The van der Waals surface area contributed by atoms with Crippen molar-refractivity contribution in [1.82, 2.24) is 9.97 Å². The van der Waals surface area contributed by atoms with E-state index in [1.165, 1.54) is 6.33 Å². The summed E-state index contributed by atoms with van der Waals surface area (Å²) in [4.78, 5) is 8.69. The summed E-state index contributed by atoms with van der Waals surface area (Å²) in [6, 6.07) is 7.75. The molecule has 0 unspecified atom stereocenters.